The summed E-state index contributed by atoms with van der Waals surface area (Å²) in [4.78, 5) is 6.30. The lowest BCUT2D eigenvalue weighted by Gasteiger charge is -2.09. The fourth-order valence-corrected chi connectivity index (χ4v) is 4.71. The van der Waals surface area contributed by atoms with Crippen LogP contribution in [0.1, 0.15) is 5.69 Å². The Morgan fingerprint density at radius 1 is 0.933 bits per heavy atom. The summed E-state index contributed by atoms with van der Waals surface area (Å²) in [5, 5.41) is 0.611. The highest BCUT2D eigenvalue weighted by Gasteiger charge is 2.15. The van der Waals surface area contributed by atoms with Gasteiger partial charge in [-0.1, -0.05) is 41.9 Å². The van der Waals surface area contributed by atoms with Crippen LogP contribution in [-0.2, 0) is 15.6 Å². The predicted octanol–water partition coefficient (Wildman–Crippen LogP) is 5.89. The average molecular weight is 455 g/mol. The first-order chi connectivity index (χ1) is 14.4. The van der Waals surface area contributed by atoms with E-state index in [1.165, 1.54) is 11.2 Å². The zero-order valence-corrected chi connectivity index (χ0v) is 18.6. The van der Waals surface area contributed by atoms with E-state index in [2.05, 4.69) is 12.1 Å². The van der Waals surface area contributed by atoms with E-state index in [9.17, 15) is 8.42 Å². The maximum atomic E-state index is 11.8. The van der Waals surface area contributed by atoms with Crippen molar-refractivity contribution in [3.05, 3.63) is 95.8 Å². The molecule has 4 rings (SSSR count). The fraction of sp³-hybridized carbons (Fsp3) is 0.0870. The lowest BCUT2D eigenvalue weighted by atomic mass is 10.2. The van der Waals surface area contributed by atoms with Crippen LogP contribution in [0.15, 0.2) is 94.9 Å². The molecule has 0 atom stereocenters. The third-order valence-electron chi connectivity index (χ3n) is 4.54. The monoisotopic (exact) mass is 454 g/mol. The van der Waals surface area contributed by atoms with Crippen LogP contribution in [0.3, 0.4) is 0 Å². The number of hydrogen-bond donors (Lipinski definition) is 0. The maximum Gasteiger partial charge on any atom is 0.175 e. The molecule has 0 bridgehead atoms. The summed E-state index contributed by atoms with van der Waals surface area (Å²) in [5.74, 6) is 1.42. The fourth-order valence-electron chi connectivity index (χ4n) is 3.06. The summed E-state index contributed by atoms with van der Waals surface area (Å²) in [6.07, 6.45) is 3.18. The minimum absolute atomic E-state index is 0.283. The molecule has 0 spiro atoms. The first kappa shape index (κ1) is 20.7. The summed E-state index contributed by atoms with van der Waals surface area (Å²) < 4.78 is 25.5. The molecule has 30 heavy (non-hydrogen) atoms. The first-order valence-corrected chi connectivity index (χ1v) is 12.5. The Bertz CT molecular complexity index is 1270. The van der Waals surface area contributed by atoms with Gasteiger partial charge in [0.15, 0.2) is 9.84 Å². The number of benzene rings is 3. The van der Waals surface area contributed by atoms with Crippen molar-refractivity contribution >= 4 is 33.2 Å². The second-order valence-electron chi connectivity index (χ2n) is 6.77. The van der Waals surface area contributed by atoms with Crippen molar-refractivity contribution < 1.29 is 8.42 Å². The van der Waals surface area contributed by atoms with Crippen molar-refractivity contribution in [2.45, 2.75) is 15.5 Å². The maximum absolute atomic E-state index is 11.8. The van der Waals surface area contributed by atoms with Crippen LogP contribution in [0.2, 0.25) is 5.02 Å². The van der Waals surface area contributed by atoms with Gasteiger partial charge in [0.25, 0.3) is 0 Å². The topological polar surface area (TPSA) is 52.0 Å². The van der Waals surface area contributed by atoms with Crippen LogP contribution < -0.4 is 0 Å². The zero-order valence-electron chi connectivity index (χ0n) is 16.2. The second-order valence-corrected chi connectivity index (χ2v) is 10.2. The lowest BCUT2D eigenvalue weighted by molar-refractivity contribution is 0.602. The summed E-state index contributed by atoms with van der Waals surface area (Å²) >= 11 is 8.16. The molecule has 1 heterocycles. The van der Waals surface area contributed by atoms with E-state index < -0.39 is 9.84 Å². The summed E-state index contributed by atoms with van der Waals surface area (Å²) in [6.45, 7) is 0. The molecular formula is C23H19ClN2O2S2. The molecule has 0 fully saturated rings. The van der Waals surface area contributed by atoms with Gasteiger partial charge in [0, 0.05) is 34.4 Å². The molecule has 4 nitrogen and oxygen atoms in total. The Balaban J connectivity index is 1.74. The Labute approximate surface area is 185 Å². The molecule has 0 N–H and O–H groups in total. The molecule has 0 aliphatic heterocycles. The minimum atomic E-state index is -3.25. The molecular weight excluding hydrogens is 436 g/mol. The van der Waals surface area contributed by atoms with E-state index >= 15 is 0 Å². The van der Waals surface area contributed by atoms with Gasteiger partial charge in [0.2, 0.25) is 0 Å². The van der Waals surface area contributed by atoms with Crippen molar-refractivity contribution in [1.29, 1.82) is 0 Å². The van der Waals surface area contributed by atoms with Gasteiger partial charge in [-0.3, -0.25) is 4.57 Å². The van der Waals surface area contributed by atoms with Crippen molar-refractivity contribution in [3.63, 3.8) is 0 Å². The smallest absolute Gasteiger partial charge is 0.175 e. The first-order valence-electron chi connectivity index (χ1n) is 9.23. The number of imidazole rings is 1. The van der Waals surface area contributed by atoms with Gasteiger partial charge in [-0.05, 0) is 48.5 Å². The molecule has 3 aromatic carbocycles. The minimum Gasteiger partial charge on any atom is -0.299 e. The van der Waals surface area contributed by atoms with Crippen LogP contribution in [0, 0.1) is 0 Å². The molecule has 4 aromatic rings. The Morgan fingerprint density at radius 2 is 1.60 bits per heavy atom. The lowest BCUT2D eigenvalue weighted by Crippen LogP contribution is -2.00. The van der Waals surface area contributed by atoms with Crippen molar-refractivity contribution in [1.82, 2.24) is 9.55 Å². The summed E-state index contributed by atoms with van der Waals surface area (Å²) in [6, 6.07) is 24.5. The molecule has 0 aliphatic carbocycles. The largest absolute Gasteiger partial charge is 0.299 e. The number of nitrogens with zero attached hydrogens (tertiary/aromatic N) is 2. The van der Waals surface area contributed by atoms with E-state index in [-0.39, 0.29) is 4.90 Å². The molecule has 152 valence electrons. The quantitative estimate of drug-likeness (QED) is 0.341. The number of halogens is 1. The predicted molar refractivity (Wildman–Crippen MR) is 123 cm³/mol. The third-order valence-corrected chi connectivity index (χ3v) is 7.05. The third kappa shape index (κ3) is 4.61. The Hall–Kier alpha value is -2.54. The Kier molecular flexibility index (Phi) is 5.99. The number of thioether (sulfide) groups is 1. The number of rotatable bonds is 6. The number of hydrogen-bond acceptors (Lipinski definition) is 4. The van der Waals surface area contributed by atoms with Crippen molar-refractivity contribution in [2.75, 3.05) is 6.26 Å². The molecule has 0 radical (unpaired) electrons. The highest BCUT2D eigenvalue weighted by atomic mass is 35.5. The van der Waals surface area contributed by atoms with E-state index in [0.717, 1.165) is 22.8 Å². The molecule has 7 heteroatoms. The highest BCUT2D eigenvalue weighted by Crippen LogP contribution is 2.31. The molecule has 0 saturated carbocycles. The SMILES string of the molecule is CS(=O)(=O)c1ccc(-n2cc(CSc3ccccc3)nc2-c2ccccc2Cl)cc1. The van der Waals surface area contributed by atoms with Gasteiger partial charge in [-0.25, -0.2) is 13.4 Å². The Morgan fingerprint density at radius 3 is 2.27 bits per heavy atom. The normalized spacial score (nSPS) is 11.5. The zero-order chi connectivity index (χ0) is 21.1. The van der Waals surface area contributed by atoms with Crippen LogP contribution >= 0.6 is 23.4 Å². The van der Waals surface area contributed by atoms with Gasteiger partial charge >= 0.3 is 0 Å². The van der Waals surface area contributed by atoms with E-state index in [4.69, 9.17) is 16.6 Å². The molecule has 0 amide bonds. The van der Waals surface area contributed by atoms with E-state index in [1.54, 1.807) is 36.0 Å². The molecule has 0 saturated heterocycles. The van der Waals surface area contributed by atoms with Gasteiger partial charge in [0.1, 0.15) is 5.82 Å². The summed E-state index contributed by atoms with van der Waals surface area (Å²) in [7, 11) is -3.25. The standard InChI is InChI=1S/C23H19ClN2O2S2/c1-30(27,28)20-13-11-18(12-14-20)26-15-17(16-29-19-7-3-2-4-8-19)25-23(26)21-9-5-6-10-22(21)24/h2-15H,16H2,1H3. The molecule has 0 unspecified atom stereocenters. The van der Waals surface area contributed by atoms with Crippen LogP contribution in [0.25, 0.3) is 17.1 Å². The molecule has 0 aliphatic rings. The van der Waals surface area contributed by atoms with E-state index in [1.807, 2.05) is 53.2 Å². The number of sulfone groups is 1. The second kappa shape index (κ2) is 8.68. The summed E-state index contributed by atoms with van der Waals surface area (Å²) in [5.41, 5.74) is 2.55. The average Bonchev–Trinajstić information content (AvgIpc) is 3.17. The van der Waals surface area contributed by atoms with Gasteiger partial charge in [0.05, 0.1) is 15.6 Å². The highest BCUT2D eigenvalue weighted by molar-refractivity contribution is 7.98. The van der Waals surface area contributed by atoms with Crippen LogP contribution in [-0.4, -0.2) is 24.2 Å². The van der Waals surface area contributed by atoms with Crippen molar-refractivity contribution in [2.24, 2.45) is 0 Å². The van der Waals surface area contributed by atoms with Crippen molar-refractivity contribution in [3.8, 4) is 17.1 Å². The van der Waals surface area contributed by atoms with Gasteiger partial charge in [-0.15, -0.1) is 11.8 Å². The van der Waals surface area contributed by atoms with E-state index in [0.29, 0.717) is 10.8 Å². The number of aromatic nitrogens is 2. The van der Waals surface area contributed by atoms with Gasteiger partial charge < -0.3 is 0 Å². The van der Waals surface area contributed by atoms with Crippen LogP contribution in [0.5, 0.6) is 0 Å². The van der Waals surface area contributed by atoms with Gasteiger partial charge in [-0.2, -0.15) is 0 Å². The van der Waals surface area contributed by atoms with Crippen LogP contribution in [0.4, 0.5) is 0 Å². The molecule has 1 aromatic heterocycles.